The molecule has 0 radical (unpaired) electrons. The summed E-state index contributed by atoms with van der Waals surface area (Å²) < 4.78 is 5.35. The number of thioether (sulfide) groups is 1. The molecule has 2 N–H and O–H groups in total. The molecule has 19 heavy (non-hydrogen) atoms. The van der Waals surface area contributed by atoms with E-state index >= 15 is 0 Å². The molecule has 3 heteroatoms. The Kier molecular flexibility index (Phi) is 5.31. The predicted octanol–water partition coefficient (Wildman–Crippen LogP) is 3.36. The van der Waals surface area contributed by atoms with Gasteiger partial charge in [-0.15, -0.1) is 11.8 Å². The summed E-state index contributed by atoms with van der Waals surface area (Å²) in [4.78, 5) is 1.26. The third kappa shape index (κ3) is 4.30. The minimum atomic E-state index is 0.126. The predicted molar refractivity (Wildman–Crippen MR) is 81.8 cm³/mol. The number of para-hydroxylation sites is 1. The van der Waals surface area contributed by atoms with Gasteiger partial charge in [0.1, 0.15) is 5.75 Å². The average molecular weight is 273 g/mol. The molecule has 0 amide bonds. The highest BCUT2D eigenvalue weighted by Crippen LogP contribution is 2.22. The topological polar surface area (TPSA) is 35.2 Å². The van der Waals surface area contributed by atoms with Gasteiger partial charge in [-0.3, -0.25) is 0 Å². The Bertz CT molecular complexity index is 501. The molecule has 2 nitrogen and oxygen atoms in total. The van der Waals surface area contributed by atoms with Gasteiger partial charge in [0.15, 0.2) is 0 Å². The van der Waals surface area contributed by atoms with Crippen LogP contribution in [0.3, 0.4) is 0 Å². The number of benzene rings is 2. The fraction of sp³-hybridized carbons (Fsp3) is 0.250. The molecule has 0 aliphatic carbocycles. The average Bonchev–Trinajstić information content (AvgIpc) is 2.47. The van der Waals surface area contributed by atoms with Crippen molar-refractivity contribution in [2.45, 2.75) is 17.4 Å². The largest absolute Gasteiger partial charge is 0.496 e. The van der Waals surface area contributed by atoms with Crippen molar-refractivity contribution in [3.63, 3.8) is 0 Å². The van der Waals surface area contributed by atoms with Crippen molar-refractivity contribution in [3.05, 3.63) is 60.2 Å². The van der Waals surface area contributed by atoms with E-state index in [2.05, 4.69) is 18.2 Å². The second-order valence-corrected chi connectivity index (χ2v) is 5.49. The first kappa shape index (κ1) is 14.0. The van der Waals surface area contributed by atoms with Crippen LogP contribution >= 0.6 is 11.8 Å². The zero-order chi connectivity index (χ0) is 13.5. The minimum absolute atomic E-state index is 0.126. The summed E-state index contributed by atoms with van der Waals surface area (Å²) >= 11 is 1.80. The van der Waals surface area contributed by atoms with Gasteiger partial charge >= 0.3 is 0 Å². The van der Waals surface area contributed by atoms with Gasteiger partial charge in [0.05, 0.1) is 7.11 Å². The van der Waals surface area contributed by atoms with Crippen LogP contribution < -0.4 is 10.5 Å². The lowest BCUT2D eigenvalue weighted by Crippen LogP contribution is -2.25. The van der Waals surface area contributed by atoms with E-state index in [9.17, 15) is 0 Å². The van der Waals surface area contributed by atoms with E-state index in [1.54, 1.807) is 18.9 Å². The van der Waals surface area contributed by atoms with Gasteiger partial charge in [0.25, 0.3) is 0 Å². The zero-order valence-corrected chi connectivity index (χ0v) is 11.9. The van der Waals surface area contributed by atoms with Gasteiger partial charge in [-0.1, -0.05) is 36.4 Å². The summed E-state index contributed by atoms with van der Waals surface area (Å²) in [5.41, 5.74) is 7.37. The van der Waals surface area contributed by atoms with E-state index in [0.717, 1.165) is 17.9 Å². The molecule has 0 fully saturated rings. The highest BCUT2D eigenvalue weighted by molar-refractivity contribution is 7.99. The second kappa shape index (κ2) is 7.22. The van der Waals surface area contributed by atoms with Crippen LogP contribution in [0.15, 0.2) is 59.5 Å². The fourth-order valence-corrected chi connectivity index (χ4v) is 2.81. The third-order valence-corrected chi connectivity index (χ3v) is 4.08. The first-order valence-electron chi connectivity index (χ1n) is 6.35. The maximum absolute atomic E-state index is 6.20. The Morgan fingerprint density at radius 1 is 1.05 bits per heavy atom. The molecular formula is C16H19NOS. The number of hydrogen-bond donors (Lipinski definition) is 1. The van der Waals surface area contributed by atoms with E-state index in [-0.39, 0.29) is 6.04 Å². The first-order valence-corrected chi connectivity index (χ1v) is 7.33. The monoisotopic (exact) mass is 273 g/mol. The standard InChI is InChI=1S/C16H19NOS/c1-18-16-10-6-5-7-13(16)11-14(17)12-19-15-8-3-2-4-9-15/h2-10,14H,11-12,17H2,1H3. The summed E-state index contributed by atoms with van der Waals surface area (Å²) in [5, 5.41) is 0. The van der Waals surface area contributed by atoms with Crippen LogP contribution in [0.25, 0.3) is 0 Å². The molecule has 0 aliphatic heterocycles. The molecule has 0 saturated carbocycles. The number of methoxy groups -OCH3 is 1. The highest BCUT2D eigenvalue weighted by Gasteiger charge is 2.08. The molecule has 100 valence electrons. The van der Waals surface area contributed by atoms with Gasteiger partial charge in [-0.2, -0.15) is 0 Å². The molecule has 0 aromatic heterocycles. The molecule has 2 aromatic rings. The molecule has 2 rings (SSSR count). The van der Waals surface area contributed by atoms with E-state index < -0.39 is 0 Å². The lowest BCUT2D eigenvalue weighted by Gasteiger charge is -2.13. The Labute approximate surface area is 119 Å². The lowest BCUT2D eigenvalue weighted by molar-refractivity contribution is 0.408. The van der Waals surface area contributed by atoms with Crippen LogP contribution in [0.4, 0.5) is 0 Å². The van der Waals surface area contributed by atoms with Crippen molar-refractivity contribution in [2.75, 3.05) is 12.9 Å². The maximum Gasteiger partial charge on any atom is 0.122 e. The Balaban J connectivity index is 1.89. The van der Waals surface area contributed by atoms with Gasteiger partial charge in [0.2, 0.25) is 0 Å². The maximum atomic E-state index is 6.20. The molecule has 0 saturated heterocycles. The summed E-state index contributed by atoms with van der Waals surface area (Å²) in [6.07, 6.45) is 0.837. The van der Waals surface area contributed by atoms with Crippen LogP contribution in [-0.2, 0) is 6.42 Å². The van der Waals surface area contributed by atoms with Crippen molar-refractivity contribution in [1.82, 2.24) is 0 Å². The third-order valence-electron chi connectivity index (χ3n) is 2.88. The van der Waals surface area contributed by atoms with Crippen LogP contribution in [-0.4, -0.2) is 18.9 Å². The van der Waals surface area contributed by atoms with Gasteiger partial charge < -0.3 is 10.5 Å². The van der Waals surface area contributed by atoms with Crippen LogP contribution in [0.2, 0.25) is 0 Å². The zero-order valence-electron chi connectivity index (χ0n) is 11.1. The molecular weight excluding hydrogens is 254 g/mol. The van der Waals surface area contributed by atoms with E-state index in [0.29, 0.717) is 0 Å². The minimum Gasteiger partial charge on any atom is -0.496 e. The molecule has 1 atom stereocenters. The van der Waals surface area contributed by atoms with Crippen LogP contribution in [0, 0.1) is 0 Å². The van der Waals surface area contributed by atoms with Gasteiger partial charge in [-0.25, -0.2) is 0 Å². The lowest BCUT2D eigenvalue weighted by atomic mass is 10.1. The SMILES string of the molecule is COc1ccccc1CC(N)CSc1ccccc1. The van der Waals surface area contributed by atoms with Crippen molar-refractivity contribution in [2.24, 2.45) is 5.73 Å². The quantitative estimate of drug-likeness (QED) is 0.820. The molecule has 0 heterocycles. The Hall–Kier alpha value is -1.45. The molecule has 0 bridgehead atoms. The number of ether oxygens (including phenoxy) is 1. The van der Waals surface area contributed by atoms with Crippen LogP contribution in [0.5, 0.6) is 5.75 Å². The number of rotatable bonds is 6. The Morgan fingerprint density at radius 2 is 1.74 bits per heavy atom. The first-order chi connectivity index (χ1) is 9.29. The highest BCUT2D eigenvalue weighted by atomic mass is 32.2. The van der Waals surface area contributed by atoms with Crippen molar-refractivity contribution in [3.8, 4) is 5.75 Å². The van der Waals surface area contributed by atoms with E-state index in [4.69, 9.17) is 10.5 Å². The number of nitrogens with two attached hydrogens (primary N) is 1. The van der Waals surface area contributed by atoms with E-state index in [1.807, 2.05) is 36.4 Å². The molecule has 0 aliphatic rings. The smallest absolute Gasteiger partial charge is 0.122 e. The summed E-state index contributed by atoms with van der Waals surface area (Å²) in [7, 11) is 1.70. The van der Waals surface area contributed by atoms with Crippen molar-refractivity contribution >= 4 is 11.8 Å². The molecule has 1 unspecified atom stereocenters. The van der Waals surface area contributed by atoms with Gasteiger partial charge in [0, 0.05) is 16.7 Å². The second-order valence-electron chi connectivity index (χ2n) is 4.40. The molecule has 2 aromatic carbocycles. The van der Waals surface area contributed by atoms with Crippen LogP contribution in [0.1, 0.15) is 5.56 Å². The van der Waals surface area contributed by atoms with Gasteiger partial charge in [-0.05, 0) is 30.2 Å². The van der Waals surface area contributed by atoms with Crippen molar-refractivity contribution < 1.29 is 4.74 Å². The molecule has 0 spiro atoms. The summed E-state index contributed by atoms with van der Waals surface area (Å²) in [6.45, 7) is 0. The Morgan fingerprint density at radius 3 is 2.47 bits per heavy atom. The fourth-order valence-electron chi connectivity index (χ4n) is 1.93. The summed E-state index contributed by atoms with van der Waals surface area (Å²) in [5.74, 6) is 1.82. The van der Waals surface area contributed by atoms with E-state index in [1.165, 1.54) is 10.5 Å². The van der Waals surface area contributed by atoms with Crippen molar-refractivity contribution in [1.29, 1.82) is 0 Å². The normalized spacial score (nSPS) is 12.1. The number of hydrogen-bond acceptors (Lipinski definition) is 3. The summed E-state index contributed by atoms with van der Waals surface area (Å²) in [6, 6.07) is 18.5.